The number of hydrogen-bond acceptors (Lipinski definition) is 0. The van der Waals surface area contributed by atoms with Crippen LogP contribution in [0.25, 0.3) is 4.85 Å². The van der Waals surface area contributed by atoms with Gasteiger partial charge in [0.1, 0.15) is 0 Å². The van der Waals surface area contributed by atoms with Gasteiger partial charge in [0.15, 0.2) is 0 Å². The standard InChI is InChI=1S/C28H60NSi6/c1-29-25-23(27(32(8,9)10)33(11,12)13)20-22(26(30(2,3)4)31(5,6)7)21-24(25)28(34(14,15)16)35(17,18)19/h1,20-21,26-28H,2-19H3/q+1. The van der Waals surface area contributed by atoms with Gasteiger partial charge in [0, 0.05) is 59.6 Å². The van der Waals surface area contributed by atoms with Crippen molar-refractivity contribution >= 4 is 54.1 Å². The van der Waals surface area contributed by atoms with E-state index >= 15 is 0 Å². The van der Waals surface area contributed by atoms with E-state index < -0.39 is 48.4 Å². The quantitative estimate of drug-likeness (QED) is 0.257. The maximum absolute atomic E-state index is 6.40. The molecular weight excluding hydrogens is 519 g/mol. The van der Waals surface area contributed by atoms with Gasteiger partial charge in [-0.25, -0.2) is 0 Å². The van der Waals surface area contributed by atoms with Gasteiger partial charge in [0.05, 0.1) is 0 Å². The lowest BCUT2D eigenvalue weighted by molar-refractivity contribution is 1.09. The Bertz CT molecular complexity index is 840. The van der Waals surface area contributed by atoms with Crippen molar-refractivity contribution in [2.24, 2.45) is 0 Å². The molecule has 0 amide bonds. The first kappa shape index (κ1) is 33.0. The van der Waals surface area contributed by atoms with E-state index in [2.05, 4.69) is 130 Å². The van der Waals surface area contributed by atoms with E-state index in [1.54, 1.807) is 5.56 Å². The third-order valence-electron chi connectivity index (χ3n) is 7.47. The maximum atomic E-state index is 6.40. The topological polar surface area (TPSA) is 4.36 Å². The highest BCUT2D eigenvalue weighted by Gasteiger charge is 2.48. The van der Waals surface area contributed by atoms with E-state index in [9.17, 15) is 0 Å². The average Bonchev–Trinajstić information content (AvgIpc) is 2.45. The Morgan fingerprint density at radius 2 is 0.686 bits per heavy atom. The summed E-state index contributed by atoms with van der Waals surface area (Å²) >= 11 is 0. The summed E-state index contributed by atoms with van der Waals surface area (Å²) in [4.78, 5) is 4.70. The van der Waals surface area contributed by atoms with Gasteiger partial charge in [-0.15, -0.1) is 0 Å². The average molecular weight is 579 g/mol. The van der Waals surface area contributed by atoms with Crippen molar-refractivity contribution in [3.63, 3.8) is 0 Å². The Morgan fingerprint density at radius 1 is 0.457 bits per heavy atom. The Balaban J connectivity index is 4.44. The largest absolute Gasteiger partial charge is 0.345 e. The molecule has 0 aromatic heterocycles. The molecule has 0 heterocycles. The van der Waals surface area contributed by atoms with Gasteiger partial charge < -0.3 is 0 Å². The van der Waals surface area contributed by atoms with Gasteiger partial charge in [-0.1, -0.05) is 118 Å². The van der Waals surface area contributed by atoms with Gasteiger partial charge >= 0.3 is 5.69 Å². The fraction of sp³-hybridized carbons (Fsp3) is 0.750. The molecule has 0 aliphatic carbocycles. The highest BCUT2D eigenvalue weighted by Crippen LogP contribution is 2.49. The highest BCUT2D eigenvalue weighted by molar-refractivity contribution is 6.98. The minimum Gasteiger partial charge on any atom is -0.0693 e. The molecule has 0 saturated carbocycles. The van der Waals surface area contributed by atoms with Gasteiger partial charge in [0.25, 0.3) is 6.57 Å². The first-order chi connectivity index (χ1) is 15.1. The Kier molecular flexibility index (Phi) is 9.72. The second-order valence-electron chi connectivity index (χ2n) is 17.7. The zero-order valence-corrected chi connectivity index (χ0v) is 32.9. The lowest BCUT2D eigenvalue weighted by Gasteiger charge is -2.43. The molecule has 0 N–H and O–H groups in total. The van der Waals surface area contributed by atoms with Crippen LogP contribution in [0.1, 0.15) is 32.2 Å². The summed E-state index contributed by atoms with van der Waals surface area (Å²) in [5.74, 6) is 0. The van der Waals surface area contributed by atoms with Crippen LogP contribution in [-0.2, 0) is 0 Å². The van der Waals surface area contributed by atoms with Crippen molar-refractivity contribution < 1.29 is 0 Å². The van der Waals surface area contributed by atoms with E-state index in [1.807, 2.05) is 0 Å². The second-order valence-corrected chi connectivity index (χ2v) is 51.3. The van der Waals surface area contributed by atoms with Crippen LogP contribution in [0.5, 0.6) is 0 Å². The Morgan fingerprint density at radius 3 is 0.857 bits per heavy atom. The van der Waals surface area contributed by atoms with Crippen molar-refractivity contribution in [3.8, 4) is 6.57 Å². The summed E-state index contributed by atoms with van der Waals surface area (Å²) in [6, 6.07) is 5.31. The first-order valence-corrected chi connectivity index (χ1v) is 35.2. The molecule has 0 spiro atoms. The van der Waals surface area contributed by atoms with E-state index in [1.165, 1.54) is 16.8 Å². The lowest BCUT2D eigenvalue weighted by Crippen LogP contribution is -2.49. The van der Waals surface area contributed by atoms with E-state index in [4.69, 9.17) is 11.4 Å². The zero-order chi connectivity index (χ0) is 28.2. The van der Waals surface area contributed by atoms with Crippen LogP contribution in [0.2, 0.25) is 118 Å². The summed E-state index contributed by atoms with van der Waals surface area (Å²) in [5, 5.41) is 2.01. The molecule has 200 valence electrons. The molecule has 0 atom stereocenters. The molecule has 1 nitrogen and oxygen atoms in total. The predicted octanol–water partition coefficient (Wildman–Crippen LogP) is 10.8. The molecular formula is C28H60NSi6+. The van der Waals surface area contributed by atoms with Crippen LogP contribution in [0, 0.1) is 6.57 Å². The van der Waals surface area contributed by atoms with Gasteiger partial charge in [-0.2, -0.15) is 0 Å². The summed E-state index contributed by atoms with van der Waals surface area (Å²) in [6.45, 7) is 52.9. The summed E-state index contributed by atoms with van der Waals surface area (Å²) in [6.07, 6.45) is 0. The minimum absolute atomic E-state index is 0.642. The van der Waals surface area contributed by atoms with Crippen molar-refractivity contribution in [2.45, 2.75) is 133 Å². The maximum Gasteiger partial charge on any atom is 0.345 e. The lowest BCUT2D eigenvalue weighted by atomic mass is 10.0. The fourth-order valence-corrected chi connectivity index (χ4v) is 46.3. The van der Waals surface area contributed by atoms with E-state index in [-0.39, 0.29) is 0 Å². The second kappa shape index (κ2) is 10.3. The molecule has 0 bridgehead atoms. The molecule has 0 aliphatic heterocycles. The SMILES string of the molecule is C#[N+]c1c(C([Si](C)(C)C)[Si](C)(C)C)cc(C([Si](C)(C)C)[Si](C)(C)C)cc1C([Si](C)(C)C)[Si](C)(C)C. The molecule has 0 radical (unpaired) electrons. The molecule has 0 aliphatic rings. The van der Waals surface area contributed by atoms with Crippen LogP contribution in [0.3, 0.4) is 0 Å². The van der Waals surface area contributed by atoms with Crippen LogP contribution in [0.15, 0.2) is 12.1 Å². The van der Waals surface area contributed by atoms with Crippen LogP contribution < -0.4 is 0 Å². The summed E-state index contributed by atoms with van der Waals surface area (Å²) in [5.41, 5.74) is 5.88. The Labute approximate surface area is 226 Å². The van der Waals surface area contributed by atoms with E-state index in [0.717, 1.165) is 5.16 Å². The number of hydrogen-bond donors (Lipinski definition) is 0. The molecule has 0 unspecified atom stereocenters. The number of nitrogens with zero attached hydrogens (tertiary/aromatic N) is 1. The molecule has 7 heteroatoms. The minimum atomic E-state index is -1.52. The molecule has 0 fully saturated rings. The van der Waals surface area contributed by atoms with Gasteiger partial charge in [0.2, 0.25) is 0 Å². The number of rotatable bonds is 9. The molecule has 1 rings (SSSR count). The van der Waals surface area contributed by atoms with Crippen LogP contribution in [0.4, 0.5) is 5.69 Å². The summed E-state index contributed by atoms with van der Waals surface area (Å²) < 4.78 is 0. The third kappa shape index (κ3) is 8.00. The van der Waals surface area contributed by atoms with Crippen LogP contribution in [-0.4, -0.2) is 48.4 Å². The zero-order valence-electron chi connectivity index (χ0n) is 26.9. The van der Waals surface area contributed by atoms with Crippen molar-refractivity contribution in [1.82, 2.24) is 0 Å². The van der Waals surface area contributed by atoms with E-state index in [0.29, 0.717) is 10.3 Å². The smallest absolute Gasteiger partial charge is 0.0693 e. The van der Waals surface area contributed by atoms with Crippen LogP contribution >= 0.6 is 0 Å². The molecule has 1 aromatic rings. The molecule has 1 aromatic carbocycles. The first-order valence-electron chi connectivity index (χ1n) is 13.7. The molecule has 0 saturated heterocycles. The Hall–Kier alpha value is 0.0113. The number of benzene rings is 1. The summed E-state index contributed by atoms with van der Waals surface area (Å²) in [7, 11) is -8.96. The highest BCUT2D eigenvalue weighted by atomic mass is 28.4. The van der Waals surface area contributed by atoms with Gasteiger partial charge in [-0.05, 0) is 38.0 Å². The van der Waals surface area contributed by atoms with Crippen molar-refractivity contribution in [1.29, 1.82) is 0 Å². The van der Waals surface area contributed by atoms with Crippen molar-refractivity contribution in [2.75, 3.05) is 0 Å². The van der Waals surface area contributed by atoms with Crippen molar-refractivity contribution in [3.05, 3.63) is 33.7 Å². The fourth-order valence-electron chi connectivity index (χ4n) is 8.22. The predicted molar refractivity (Wildman–Crippen MR) is 183 cm³/mol. The molecule has 35 heavy (non-hydrogen) atoms. The third-order valence-corrected chi connectivity index (χ3v) is 35.4. The normalized spacial score (nSPS) is 14.7. The van der Waals surface area contributed by atoms with Gasteiger partial charge in [-0.3, -0.25) is 0 Å². The monoisotopic (exact) mass is 578 g/mol.